The number of hydrogen-bond donors (Lipinski definition) is 2. The maximum atomic E-state index is 5.69. The Labute approximate surface area is 179 Å². The van der Waals surface area contributed by atoms with Gasteiger partial charge >= 0.3 is 0 Å². The first-order chi connectivity index (χ1) is 13.7. The molecule has 0 radical (unpaired) electrons. The lowest BCUT2D eigenvalue weighted by Crippen LogP contribution is -2.25. The first-order valence-electron chi connectivity index (χ1n) is 11.0. The van der Waals surface area contributed by atoms with Crippen molar-refractivity contribution in [2.75, 3.05) is 13.1 Å². The lowest BCUT2D eigenvalue weighted by molar-refractivity contribution is 0.400. The molecule has 3 heteroatoms. The summed E-state index contributed by atoms with van der Waals surface area (Å²) >= 11 is 3.74. The van der Waals surface area contributed by atoms with Gasteiger partial charge in [-0.15, -0.1) is 0 Å². The predicted molar refractivity (Wildman–Crippen MR) is 125 cm³/mol. The van der Waals surface area contributed by atoms with Crippen molar-refractivity contribution < 1.29 is 0 Å². The largest absolute Gasteiger partial charge is 0.330 e. The van der Waals surface area contributed by atoms with E-state index in [9.17, 15) is 0 Å². The molecule has 1 aliphatic rings. The topological polar surface area (TPSA) is 52.0 Å². The highest BCUT2D eigenvalue weighted by atomic mass is 79.9. The molecule has 0 unspecified atom stereocenters. The van der Waals surface area contributed by atoms with Gasteiger partial charge in [-0.25, -0.2) is 0 Å². The summed E-state index contributed by atoms with van der Waals surface area (Å²) in [5.41, 5.74) is 17.5. The van der Waals surface area contributed by atoms with E-state index < -0.39 is 0 Å². The van der Waals surface area contributed by atoms with Crippen LogP contribution in [0.1, 0.15) is 75.3 Å². The number of rotatable bonds is 12. The molecule has 0 aromatic heterocycles. The minimum atomic E-state index is 0.154. The van der Waals surface area contributed by atoms with E-state index in [4.69, 9.17) is 11.5 Å². The maximum absolute atomic E-state index is 5.69. The molecule has 3 rings (SSSR count). The third kappa shape index (κ3) is 4.69. The van der Waals surface area contributed by atoms with Gasteiger partial charge in [-0.2, -0.15) is 0 Å². The molecule has 0 atom stereocenters. The number of fused-ring (bicyclic) bond motifs is 3. The van der Waals surface area contributed by atoms with Crippen molar-refractivity contribution in [1.29, 1.82) is 0 Å². The summed E-state index contributed by atoms with van der Waals surface area (Å²) in [6.07, 6.45) is 12.3. The summed E-state index contributed by atoms with van der Waals surface area (Å²) in [7, 11) is 0. The van der Waals surface area contributed by atoms with Crippen molar-refractivity contribution >= 4 is 15.9 Å². The Bertz CT molecular complexity index is 742. The molecule has 2 nitrogen and oxygen atoms in total. The van der Waals surface area contributed by atoms with Gasteiger partial charge in [0.1, 0.15) is 0 Å². The molecule has 0 fully saturated rings. The van der Waals surface area contributed by atoms with Crippen LogP contribution in [0.3, 0.4) is 0 Å². The van der Waals surface area contributed by atoms with E-state index in [2.05, 4.69) is 58.4 Å². The van der Waals surface area contributed by atoms with Crippen molar-refractivity contribution in [3.05, 3.63) is 58.1 Å². The quantitative estimate of drug-likeness (QED) is 0.366. The normalized spacial score (nSPS) is 14.1. The lowest BCUT2D eigenvalue weighted by atomic mass is 9.70. The second-order valence-corrected chi connectivity index (χ2v) is 9.14. The summed E-state index contributed by atoms with van der Waals surface area (Å²) in [4.78, 5) is 0. The van der Waals surface area contributed by atoms with Crippen LogP contribution in [0.25, 0.3) is 11.1 Å². The fraction of sp³-hybridized carbons (Fsp3) is 0.520. The molecule has 0 amide bonds. The molecule has 2 aromatic rings. The molecule has 0 aliphatic heterocycles. The fourth-order valence-electron chi connectivity index (χ4n) is 4.94. The van der Waals surface area contributed by atoms with E-state index in [1.54, 1.807) is 5.56 Å². The number of benzene rings is 2. The predicted octanol–water partition coefficient (Wildman–Crippen LogP) is 6.53. The van der Waals surface area contributed by atoms with Crippen LogP contribution < -0.4 is 11.5 Å². The SMILES string of the molecule is NCCCCCCC1(CCCCCCN)c2ccccc2-c2ccc(Br)cc21. The monoisotopic (exact) mass is 442 g/mol. The van der Waals surface area contributed by atoms with Gasteiger partial charge in [0.15, 0.2) is 0 Å². The first-order valence-corrected chi connectivity index (χ1v) is 11.8. The van der Waals surface area contributed by atoms with E-state index in [0.29, 0.717) is 0 Å². The minimum Gasteiger partial charge on any atom is -0.330 e. The van der Waals surface area contributed by atoms with Gasteiger partial charge in [-0.3, -0.25) is 0 Å². The van der Waals surface area contributed by atoms with E-state index in [1.165, 1.54) is 72.5 Å². The third-order valence-corrected chi connectivity index (χ3v) is 6.84. The van der Waals surface area contributed by atoms with Crippen LogP contribution >= 0.6 is 15.9 Å². The molecule has 4 N–H and O–H groups in total. The molecule has 0 heterocycles. The van der Waals surface area contributed by atoms with E-state index in [1.807, 2.05) is 0 Å². The summed E-state index contributed by atoms with van der Waals surface area (Å²) in [5.74, 6) is 0. The third-order valence-electron chi connectivity index (χ3n) is 6.35. The lowest BCUT2D eigenvalue weighted by Gasteiger charge is -2.33. The van der Waals surface area contributed by atoms with E-state index in [-0.39, 0.29) is 5.41 Å². The summed E-state index contributed by atoms with van der Waals surface area (Å²) < 4.78 is 1.19. The van der Waals surface area contributed by atoms with Gasteiger partial charge in [-0.1, -0.05) is 84.8 Å². The van der Waals surface area contributed by atoms with Crippen molar-refractivity contribution in [2.45, 2.75) is 69.6 Å². The molecule has 0 saturated carbocycles. The second-order valence-electron chi connectivity index (χ2n) is 8.22. The van der Waals surface area contributed by atoms with Gasteiger partial charge < -0.3 is 11.5 Å². The Morgan fingerprint density at radius 3 is 1.86 bits per heavy atom. The van der Waals surface area contributed by atoms with Crippen LogP contribution in [0.15, 0.2) is 46.9 Å². The van der Waals surface area contributed by atoms with Crippen molar-refractivity contribution in [3.8, 4) is 11.1 Å². The van der Waals surface area contributed by atoms with E-state index >= 15 is 0 Å². The molecule has 0 spiro atoms. The Balaban J connectivity index is 1.89. The van der Waals surface area contributed by atoms with Crippen LogP contribution in [0.4, 0.5) is 0 Å². The van der Waals surface area contributed by atoms with Crippen molar-refractivity contribution in [1.82, 2.24) is 0 Å². The Kier molecular flexibility index (Phi) is 8.13. The van der Waals surface area contributed by atoms with Crippen LogP contribution in [0, 0.1) is 0 Å². The summed E-state index contributed by atoms with van der Waals surface area (Å²) in [6, 6.07) is 16.0. The Morgan fingerprint density at radius 1 is 0.643 bits per heavy atom. The molecule has 1 aliphatic carbocycles. The first kappa shape index (κ1) is 21.5. The van der Waals surface area contributed by atoms with Gasteiger partial charge in [0.05, 0.1) is 0 Å². The van der Waals surface area contributed by atoms with Crippen molar-refractivity contribution in [3.63, 3.8) is 0 Å². The fourth-order valence-corrected chi connectivity index (χ4v) is 5.30. The number of halogens is 1. The van der Waals surface area contributed by atoms with Crippen LogP contribution in [-0.4, -0.2) is 13.1 Å². The van der Waals surface area contributed by atoms with Gasteiger partial charge in [0.25, 0.3) is 0 Å². The van der Waals surface area contributed by atoms with Gasteiger partial charge in [0, 0.05) is 9.89 Å². The van der Waals surface area contributed by atoms with Crippen LogP contribution in [-0.2, 0) is 5.41 Å². The number of nitrogens with two attached hydrogens (primary N) is 2. The zero-order chi connectivity index (χ0) is 19.8. The summed E-state index contributed by atoms with van der Waals surface area (Å²) in [5, 5.41) is 0. The van der Waals surface area contributed by atoms with Crippen molar-refractivity contribution in [2.24, 2.45) is 11.5 Å². The maximum Gasteiger partial charge on any atom is 0.0215 e. The molecular weight excluding hydrogens is 408 g/mol. The highest BCUT2D eigenvalue weighted by Gasteiger charge is 2.41. The molecule has 2 aromatic carbocycles. The number of unbranched alkanes of at least 4 members (excludes halogenated alkanes) is 6. The Morgan fingerprint density at radius 2 is 1.21 bits per heavy atom. The molecular formula is C25H35BrN2. The average molecular weight is 443 g/mol. The molecule has 28 heavy (non-hydrogen) atoms. The molecule has 0 bridgehead atoms. The highest BCUT2D eigenvalue weighted by Crippen LogP contribution is 2.54. The average Bonchev–Trinajstić information content (AvgIpc) is 2.97. The highest BCUT2D eigenvalue weighted by molar-refractivity contribution is 9.10. The van der Waals surface area contributed by atoms with E-state index in [0.717, 1.165) is 25.9 Å². The zero-order valence-electron chi connectivity index (χ0n) is 17.1. The Hall–Kier alpha value is -1.16. The van der Waals surface area contributed by atoms with Crippen LogP contribution in [0.2, 0.25) is 0 Å². The van der Waals surface area contributed by atoms with Gasteiger partial charge in [0.2, 0.25) is 0 Å². The molecule has 152 valence electrons. The van der Waals surface area contributed by atoms with Gasteiger partial charge in [-0.05, 0) is 73.2 Å². The zero-order valence-corrected chi connectivity index (χ0v) is 18.6. The minimum absolute atomic E-state index is 0.154. The standard InChI is InChI=1S/C25H35BrN2/c26-20-13-14-22-21-11-5-6-12-23(21)25(24(22)19-20,15-7-1-3-9-17-27)16-8-2-4-10-18-28/h5-6,11-14,19H,1-4,7-10,15-18,27-28H2. The second kappa shape index (κ2) is 10.6. The number of hydrogen-bond acceptors (Lipinski definition) is 2. The smallest absolute Gasteiger partial charge is 0.0215 e. The molecule has 0 saturated heterocycles. The summed E-state index contributed by atoms with van der Waals surface area (Å²) in [6.45, 7) is 1.62. The van der Waals surface area contributed by atoms with Crippen LogP contribution in [0.5, 0.6) is 0 Å².